The van der Waals surface area contributed by atoms with Crippen LogP contribution in [0.5, 0.6) is 0 Å². The smallest absolute Gasteiger partial charge is 0.290 e. The number of hydrogen-bond donors (Lipinski definition) is 2. The van der Waals surface area contributed by atoms with Crippen LogP contribution in [0.3, 0.4) is 0 Å². The number of hydrogen-bond acceptors (Lipinski definition) is 3. The summed E-state index contributed by atoms with van der Waals surface area (Å²) in [5, 5.41) is 10.1. The fraction of sp³-hybridized carbons (Fsp3) is 0.714. The summed E-state index contributed by atoms with van der Waals surface area (Å²) < 4.78 is 0. The Hall–Kier alpha value is -1.06. The molecule has 11 heavy (non-hydrogen) atoms. The van der Waals surface area contributed by atoms with E-state index in [4.69, 9.17) is 9.90 Å². The van der Waals surface area contributed by atoms with Gasteiger partial charge in [-0.1, -0.05) is 0 Å². The maximum atomic E-state index is 8.36. The minimum absolute atomic E-state index is 0.250. The van der Waals surface area contributed by atoms with Crippen LogP contribution in [-0.4, -0.2) is 29.5 Å². The first-order chi connectivity index (χ1) is 5.11. The van der Waals surface area contributed by atoms with E-state index in [0.29, 0.717) is 12.1 Å². The molecule has 0 aromatic heterocycles. The Labute approximate surface area is 66.3 Å². The van der Waals surface area contributed by atoms with Crippen molar-refractivity contribution >= 4 is 12.3 Å². The number of amidine groups is 1. The first kappa shape index (κ1) is 9.94. The number of rotatable bonds is 0. The summed E-state index contributed by atoms with van der Waals surface area (Å²) in [5.41, 5.74) is 0. The van der Waals surface area contributed by atoms with E-state index < -0.39 is 0 Å². The Morgan fingerprint density at radius 2 is 2.09 bits per heavy atom. The van der Waals surface area contributed by atoms with Gasteiger partial charge in [0.25, 0.3) is 6.47 Å². The molecule has 4 nitrogen and oxygen atoms in total. The molecule has 0 radical (unpaired) electrons. The molecule has 2 unspecified atom stereocenters. The predicted molar refractivity (Wildman–Crippen MR) is 43.9 cm³/mol. The van der Waals surface area contributed by atoms with Crippen LogP contribution in [-0.2, 0) is 4.79 Å². The van der Waals surface area contributed by atoms with Crippen molar-refractivity contribution in [1.29, 1.82) is 0 Å². The lowest BCUT2D eigenvalue weighted by Crippen LogP contribution is -2.28. The van der Waals surface area contributed by atoms with E-state index in [2.05, 4.69) is 24.2 Å². The van der Waals surface area contributed by atoms with Crippen molar-refractivity contribution < 1.29 is 9.90 Å². The van der Waals surface area contributed by atoms with Gasteiger partial charge in [0.15, 0.2) is 0 Å². The molecule has 0 aliphatic carbocycles. The first-order valence-electron chi connectivity index (χ1n) is 3.50. The maximum absolute atomic E-state index is 8.36. The standard InChI is InChI=1S/C6H12N2.CH2O2/c1-4-5(2)8-6(3)7-4;2-1-3/h4-5H,1-3H3,(H,7,8);1H,(H,2,3). The molecular formula is C7H14N2O2. The number of aliphatic imine (C=N–C) groups is 1. The van der Waals surface area contributed by atoms with Crippen LogP contribution in [0.25, 0.3) is 0 Å². The van der Waals surface area contributed by atoms with Crippen molar-refractivity contribution in [2.45, 2.75) is 32.9 Å². The molecule has 0 spiro atoms. The zero-order valence-electron chi connectivity index (χ0n) is 7.03. The Bertz CT molecular complexity index is 157. The molecule has 2 N–H and O–H groups in total. The highest BCUT2D eigenvalue weighted by molar-refractivity contribution is 5.81. The van der Waals surface area contributed by atoms with Crippen molar-refractivity contribution in [3.05, 3.63) is 0 Å². The molecule has 0 aromatic rings. The average Bonchev–Trinajstić information content (AvgIpc) is 2.12. The van der Waals surface area contributed by atoms with Crippen molar-refractivity contribution in [2.24, 2.45) is 4.99 Å². The maximum Gasteiger partial charge on any atom is 0.290 e. The summed E-state index contributed by atoms with van der Waals surface area (Å²) in [6.07, 6.45) is 0. The molecule has 1 heterocycles. The number of nitrogens with zero attached hydrogens (tertiary/aromatic N) is 1. The highest BCUT2D eigenvalue weighted by atomic mass is 16.3. The average molecular weight is 158 g/mol. The molecule has 0 bridgehead atoms. The normalized spacial score (nSPS) is 27.7. The van der Waals surface area contributed by atoms with Crippen LogP contribution in [0.1, 0.15) is 20.8 Å². The highest BCUT2D eigenvalue weighted by Crippen LogP contribution is 2.03. The molecule has 0 aromatic carbocycles. The van der Waals surface area contributed by atoms with E-state index in [-0.39, 0.29) is 6.47 Å². The lowest BCUT2D eigenvalue weighted by molar-refractivity contribution is -0.122. The zero-order valence-corrected chi connectivity index (χ0v) is 7.03. The lowest BCUT2D eigenvalue weighted by atomic mass is 10.2. The quantitative estimate of drug-likeness (QED) is 0.504. The van der Waals surface area contributed by atoms with E-state index in [1.54, 1.807) is 0 Å². The van der Waals surface area contributed by atoms with E-state index in [1.165, 1.54) is 0 Å². The highest BCUT2D eigenvalue weighted by Gasteiger charge is 2.16. The number of nitrogens with one attached hydrogen (secondary N) is 1. The van der Waals surface area contributed by atoms with Gasteiger partial charge in [-0.05, 0) is 20.8 Å². The number of carboxylic acid groups (broad SMARTS) is 1. The topological polar surface area (TPSA) is 61.7 Å². The fourth-order valence-electron chi connectivity index (χ4n) is 0.905. The minimum atomic E-state index is -0.250. The Kier molecular flexibility index (Phi) is 4.26. The number of carbonyl (C=O) groups is 1. The minimum Gasteiger partial charge on any atom is -0.483 e. The summed E-state index contributed by atoms with van der Waals surface area (Å²) in [6.45, 7) is 6.01. The third-order valence-electron chi connectivity index (χ3n) is 1.56. The van der Waals surface area contributed by atoms with Crippen LogP contribution >= 0.6 is 0 Å². The van der Waals surface area contributed by atoms with Gasteiger partial charge < -0.3 is 10.4 Å². The second-order valence-corrected chi connectivity index (χ2v) is 2.49. The second kappa shape index (κ2) is 4.71. The molecule has 1 rings (SSSR count). The van der Waals surface area contributed by atoms with E-state index in [1.807, 2.05) is 6.92 Å². The van der Waals surface area contributed by atoms with Gasteiger partial charge in [-0.3, -0.25) is 9.79 Å². The van der Waals surface area contributed by atoms with Crippen LogP contribution in [0.4, 0.5) is 0 Å². The fourth-order valence-corrected chi connectivity index (χ4v) is 0.905. The van der Waals surface area contributed by atoms with Crippen molar-refractivity contribution in [3.63, 3.8) is 0 Å². The molecule has 64 valence electrons. The summed E-state index contributed by atoms with van der Waals surface area (Å²) >= 11 is 0. The Morgan fingerprint density at radius 3 is 2.18 bits per heavy atom. The molecular weight excluding hydrogens is 144 g/mol. The van der Waals surface area contributed by atoms with Crippen LogP contribution in [0, 0.1) is 0 Å². The van der Waals surface area contributed by atoms with E-state index in [9.17, 15) is 0 Å². The van der Waals surface area contributed by atoms with Gasteiger partial charge >= 0.3 is 0 Å². The second-order valence-electron chi connectivity index (χ2n) is 2.49. The molecule has 0 amide bonds. The monoisotopic (exact) mass is 158 g/mol. The van der Waals surface area contributed by atoms with Gasteiger partial charge in [-0.15, -0.1) is 0 Å². The molecule has 1 aliphatic rings. The van der Waals surface area contributed by atoms with Crippen molar-refractivity contribution in [3.8, 4) is 0 Å². The van der Waals surface area contributed by atoms with Gasteiger partial charge in [-0.2, -0.15) is 0 Å². The molecule has 2 atom stereocenters. The predicted octanol–water partition coefficient (Wildman–Crippen LogP) is 0.486. The summed E-state index contributed by atoms with van der Waals surface area (Å²) in [7, 11) is 0. The largest absolute Gasteiger partial charge is 0.483 e. The van der Waals surface area contributed by atoms with Gasteiger partial charge in [-0.25, -0.2) is 0 Å². The van der Waals surface area contributed by atoms with Crippen LogP contribution in [0.15, 0.2) is 4.99 Å². The van der Waals surface area contributed by atoms with Gasteiger partial charge in [0.05, 0.1) is 11.9 Å². The Balaban J connectivity index is 0.000000292. The molecule has 1 aliphatic heterocycles. The van der Waals surface area contributed by atoms with Crippen molar-refractivity contribution in [1.82, 2.24) is 5.32 Å². The third-order valence-corrected chi connectivity index (χ3v) is 1.56. The van der Waals surface area contributed by atoms with Crippen LogP contribution in [0.2, 0.25) is 0 Å². The van der Waals surface area contributed by atoms with E-state index >= 15 is 0 Å². The molecule has 0 saturated heterocycles. The Morgan fingerprint density at radius 1 is 1.64 bits per heavy atom. The van der Waals surface area contributed by atoms with Crippen molar-refractivity contribution in [2.75, 3.05) is 0 Å². The molecule has 4 heteroatoms. The summed E-state index contributed by atoms with van der Waals surface area (Å²) in [4.78, 5) is 12.6. The van der Waals surface area contributed by atoms with Gasteiger partial charge in [0.2, 0.25) is 0 Å². The lowest BCUT2D eigenvalue weighted by Gasteiger charge is -2.05. The molecule has 0 saturated carbocycles. The van der Waals surface area contributed by atoms with Gasteiger partial charge in [0, 0.05) is 6.04 Å². The van der Waals surface area contributed by atoms with Gasteiger partial charge in [0.1, 0.15) is 0 Å². The SMILES string of the molecule is CC1=NC(C)C(C)N1.O=CO. The van der Waals surface area contributed by atoms with E-state index in [0.717, 1.165) is 5.84 Å². The van der Waals surface area contributed by atoms with Crippen LogP contribution < -0.4 is 5.32 Å². The first-order valence-corrected chi connectivity index (χ1v) is 3.50. The summed E-state index contributed by atoms with van der Waals surface area (Å²) in [5.74, 6) is 1.07. The summed E-state index contributed by atoms with van der Waals surface area (Å²) in [6, 6.07) is 1.00. The zero-order chi connectivity index (χ0) is 8.85. The third kappa shape index (κ3) is 3.60. The molecule has 0 fully saturated rings.